The van der Waals surface area contributed by atoms with Crippen LogP contribution in [0.4, 0.5) is 11.8 Å². The normalized spacial score (nSPS) is 23.8. The van der Waals surface area contributed by atoms with Crippen LogP contribution >= 0.6 is 22.7 Å². The minimum Gasteiger partial charge on any atom is -0.364 e. The van der Waals surface area contributed by atoms with Crippen LogP contribution in [0.2, 0.25) is 0 Å². The SMILES string of the molecule is Cc1nc(NCc2cccs2)nc(N[C@@H]2C[C@H](CN=[N+]=[N-])[C@H]3OC(C)(C)O[C@H]32)c1-c1nc2ccccc2s1. The maximum absolute atomic E-state index is 8.92. The van der Waals surface area contributed by atoms with E-state index in [1.54, 1.807) is 22.7 Å². The molecule has 0 amide bonds. The summed E-state index contributed by atoms with van der Waals surface area (Å²) in [5.74, 6) is 0.578. The molecule has 1 aliphatic carbocycles. The van der Waals surface area contributed by atoms with Crippen molar-refractivity contribution < 1.29 is 9.47 Å². The Morgan fingerprint density at radius 2 is 1.97 bits per heavy atom. The maximum atomic E-state index is 8.92. The Morgan fingerprint density at radius 1 is 1.13 bits per heavy atom. The number of fused-ring (bicyclic) bond motifs is 2. The molecule has 2 aliphatic rings. The molecular weight excluding hydrogens is 520 g/mol. The Bertz CT molecular complexity index is 1470. The van der Waals surface area contributed by atoms with E-state index in [9.17, 15) is 0 Å². The summed E-state index contributed by atoms with van der Waals surface area (Å²) >= 11 is 3.31. The number of rotatable bonds is 8. The highest BCUT2D eigenvalue weighted by molar-refractivity contribution is 7.21. The number of nitrogens with zero attached hydrogens (tertiary/aromatic N) is 6. The number of hydrogen-bond acceptors (Lipinski definition) is 10. The zero-order valence-corrected chi connectivity index (χ0v) is 22.9. The van der Waals surface area contributed by atoms with Crippen molar-refractivity contribution in [1.82, 2.24) is 15.0 Å². The number of anilines is 2. The summed E-state index contributed by atoms with van der Waals surface area (Å²) in [6, 6.07) is 12.1. The standard InChI is InChI=1S/C26H28N8O2S2/c1-14-20(24-32-17-8-4-5-9-19(17)38-24)23(33-25(30-14)28-13-16-7-6-10-37-16)31-18-11-15(12-29-34-27)21-22(18)36-26(2,3)35-21/h4-10,15,18,21-22H,11-13H2,1-3H3,(H2,28,30,31,33)/t15-,18-,21-,22+/m1/s1. The van der Waals surface area contributed by atoms with Gasteiger partial charge in [-0.2, -0.15) is 4.98 Å². The van der Waals surface area contributed by atoms with Crippen molar-refractivity contribution in [2.45, 2.75) is 57.8 Å². The fourth-order valence-corrected chi connectivity index (χ4v) is 7.00. The van der Waals surface area contributed by atoms with E-state index in [4.69, 9.17) is 30.0 Å². The minimum absolute atomic E-state index is 0.0421. The van der Waals surface area contributed by atoms with E-state index in [1.807, 2.05) is 45.0 Å². The molecule has 38 heavy (non-hydrogen) atoms. The first-order chi connectivity index (χ1) is 18.4. The number of thiazole rings is 1. The van der Waals surface area contributed by atoms with Gasteiger partial charge in [0.1, 0.15) is 16.9 Å². The second kappa shape index (κ2) is 10.1. The molecule has 1 aliphatic heterocycles. The molecule has 196 valence electrons. The van der Waals surface area contributed by atoms with Crippen molar-refractivity contribution in [1.29, 1.82) is 0 Å². The van der Waals surface area contributed by atoms with Gasteiger partial charge in [0.25, 0.3) is 0 Å². The van der Waals surface area contributed by atoms with Crippen LogP contribution in [-0.2, 0) is 16.0 Å². The average Bonchev–Trinajstić information content (AvgIpc) is 3.66. The van der Waals surface area contributed by atoms with E-state index in [1.165, 1.54) is 4.88 Å². The van der Waals surface area contributed by atoms with Gasteiger partial charge in [0.05, 0.1) is 40.2 Å². The first kappa shape index (κ1) is 25.0. The summed E-state index contributed by atoms with van der Waals surface area (Å²) in [5, 5.41) is 13.8. The van der Waals surface area contributed by atoms with Crippen molar-refractivity contribution in [3.63, 3.8) is 0 Å². The van der Waals surface area contributed by atoms with Crippen LogP contribution in [0.1, 0.15) is 30.8 Å². The third kappa shape index (κ3) is 4.93. The molecule has 0 spiro atoms. The number of nitrogens with one attached hydrogen (secondary N) is 2. The predicted octanol–water partition coefficient (Wildman–Crippen LogP) is 6.37. The van der Waals surface area contributed by atoms with Crippen molar-refractivity contribution in [3.05, 3.63) is 62.8 Å². The van der Waals surface area contributed by atoms with Gasteiger partial charge >= 0.3 is 0 Å². The Balaban J connectivity index is 1.37. The van der Waals surface area contributed by atoms with Gasteiger partial charge in [-0.25, -0.2) is 9.97 Å². The molecule has 10 nitrogen and oxygen atoms in total. The molecule has 4 aromatic rings. The van der Waals surface area contributed by atoms with E-state index >= 15 is 0 Å². The lowest BCUT2D eigenvalue weighted by atomic mass is 10.1. The molecule has 1 saturated heterocycles. The maximum Gasteiger partial charge on any atom is 0.225 e. The molecule has 1 saturated carbocycles. The largest absolute Gasteiger partial charge is 0.364 e. The van der Waals surface area contributed by atoms with Gasteiger partial charge in [0.15, 0.2) is 5.79 Å². The first-order valence-corrected chi connectivity index (χ1v) is 14.2. The van der Waals surface area contributed by atoms with Crippen molar-refractivity contribution in [2.75, 3.05) is 17.2 Å². The number of aryl methyl sites for hydroxylation is 1. The lowest BCUT2D eigenvalue weighted by Gasteiger charge is -2.25. The van der Waals surface area contributed by atoms with E-state index < -0.39 is 5.79 Å². The zero-order valence-electron chi connectivity index (χ0n) is 21.3. The summed E-state index contributed by atoms with van der Waals surface area (Å²) < 4.78 is 13.7. The fourth-order valence-electron chi connectivity index (χ4n) is 5.29. The van der Waals surface area contributed by atoms with Crippen LogP contribution in [0.25, 0.3) is 31.2 Å². The van der Waals surface area contributed by atoms with Gasteiger partial charge < -0.3 is 20.1 Å². The monoisotopic (exact) mass is 548 g/mol. The number of ether oxygens (including phenoxy) is 2. The van der Waals surface area contributed by atoms with Crippen LogP contribution in [0.3, 0.4) is 0 Å². The summed E-state index contributed by atoms with van der Waals surface area (Å²) in [4.78, 5) is 18.8. The second-order valence-corrected chi connectivity index (χ2v) is 12.1. The molecule has 12 heteroatoms. The van der Waals surface area contributed by atoms with Crippen molar-refractivity contribution in [2.24, 2.45) is 11.0 Å². The zero-order chi connectivity index (χ0) is 26.3. The third-order valence-electron chi connectivity index (χ3n) is 6.88. The van der Waals surface area contributed by atoms with Gasteiger partial charge in [-0.1, -0.05) is 23.3 Å². The number of benzene rings is 1. The van der Waals surface area contributed by atoms with Gasteiger partial charge in [-0.05, 0) is 62.2 Å². The highest BCUT2D eigenvalue weighted by Gasteiger charge is 2.53. The van der Waals surface area contributed by atoms with E-state index in [-0.39, 0.29) is 24.2 Å². The second-order valence-electron chi connectivity index (χ2n) is 10.0. The summed E-state index contributed by atoms with van der Waals surface area (Å²) in [5.41, 5.74) is 11.6. The van der Waals surface area contributed by atoms with Crippen LogP contribution < -0.4 is 10.6 Å². The number of aromatic nitrogens is 3. The molecule has 1 aromatic carbocycles. The molecular formula is C26H28N8O2S2. The summed E-state index contributed by atoms with van der Waals surface area (Å²) in [6.07, 6.45) is 0.355. The number of para-hydroxylation sites is 1. The van der Waals surface area contributed by atoms with E-state index in [0.29, 0.717) is 24.9 Å². The molecule has 0 unspecified atom stereocenters. The number of azide groups is 1. The molecule has 4 atom stereocenters. The van der Waals surface area contributed by atoms with Crippen LogP contribution in [-0.4, -0.2) is 45.5 Å². The first-order valence-electron chi connectivity index (χ1n) is 12.5. The van der Waals surface area contributed by atoms with Gasteiger partial charge in [0.2, 0.25) is 5.95 Å². The van der Waals surface area contributed by atoms with E-state index in [2.05, 4.69) is 38.2 Å². The molecule has 4 heterocycles. The highest BCUT2D eigenvalue weighted by Crippen LogP contribution is 2.44. The number of thiophene rings is 1. The van der Waals surface area contributed by atoms with Gasteiger partial charge in [0, 0.05) is 16.3 Å². The molecule has 0 radical (unpaired) electrons. The van der Waals surface area contributed by atoms with Gasteiger partial charge in [-0.15, -0.1) is 22.7 Å². The van der Waals surface area contributed by atoms with Crippen LogP contribution in [0, 0.1) is 12.8 Å². The molecule has 0 bridgehead atoms. The molecule has 2 N–H and O–H groups in total. The van der Waals surface area contributed by atoms with Crippen LogP contribution in [0.5, 0.6) is 0 Å². The molecule has 6 rings (SSSR count). The Morgan fingerprint density at radius 3 is 2.76 bits per heavy atom. The smallest absolute Gasteiger partial charge is 0.225 e. The topological polar surface area (TPSA) is 130 Å². The quantitative estimate of drug-likeness (QED) is 0.149. The minimum atomic E-state index is -0.713. The van der Waals surface area contributed by atoms with Crippen molar-refractivity contribution >= 4 is 44.7 Å². The Hall–Kier alpha value is -3.28. The lowest BCUT2D eigenvalue weighted by Crippen LogP contribution is -2.35. The molecule has 2 fully saturated rings. The Labute approximate surface area is 228 Å². The predicted molar refractivity (Wildman–Crippen MR) is 150 cm³/mol. The van der Waals surface area contributed by atoms with Crippen LogP contribution in [0.15, 0.2) is 46.9 Å². The van der Waals surface area contributed by atoms with E-state index in [0.717, 1.165) is 32.9 Å². The number of hydrogen-bond donors (Lipinski definition) is 2. The lowest BCUT2D eigenvalue weighted by molar-refractivity contribution is -0.156. The average molecular weight is 549 g/mol. The van der Waals surface area contributed by atoms with Gasteiger partial charge in [-0.3, -0.25) is 0 Å². The summed E-state index contributed by atoms with van der Waals surface area (Å²) in [7, 11) is 0. The highest BCUT2D eigenvalue weighted by atomic mass is 32.1. The molecule has 3 aromatic heterocycles. The summed E-state index contributed by atoms with van der Waals surface area (Å²) in [6.45, 7) is 6.83. The third-order valence-corrected chi connectivity index (χ3v) is 8.81. The van der Waals surface area contributed by atoms with Crippen molar-refractivity contribution in [3.8, 4) is 10.6 Å². The fraction of sp³-hybridized carbons (Fsp3) is 0.423. The Kier molecular flexibility index (Phi) is 6.67.